The van der Waals surface area contributed by atoms with Crippen molar-refractivity contribution in [1.29, 1.82) is 0 Å². The van der Waals surface area contributed by atoms with Gasteiger partial charge in [0.2, 0.25) is 0 Å². The average Bonchev–Trinajstić information content (AvgIpc) is 2.41. The van der Waals surface area contributed by atoms with Crippen LogP contribution in [0.15, 0.2) is 35.1 Å². The van der Waals surface area contributed by atoms with E-state index >= 15 is 0 Å². The maximum absolute atomic E-state index is 11.8. The van der Waals surface area contributed by atoms with Crippen LogP contribution in [0.1, 0.15) is 17.0 Å². The number of carboxylic acids is 1. The lowest BCUT2D eigenvalue weighted by atomic mass is 10.1. The van der Waals surface area contributed by atoms with Crippen LogP contribution in [0.2, 0.25) is 0 Å². The van der Waals surface area contributed by atoms with Crippen LogP contribution in [-0.4, -0.2) is 21.0 Å². The number of H-pyrrole nitrogens is 1. The van der Waals surface area contributed by atoms with Gasteiger partial charge in [-0.05, 0) is 12.0 Å². The molecule has 2 rings (SSSR count). The summed E-state index contributed by atoms with van der Waals surface area (Å²) in [6.07, 6.45) is 0.839. The zero-order valence-electron chi connectivity index (χ0n) is 10.8. The maximum atomic E-state index is 11.8. The van der Waals surface area contributed by atoms with Crippen molar-refractivity contribution in [3.8, 4) is 0 Å². The number of carbonyl (C=O) groups is 1. The lowest BCUT2D eigenvalue weighted by Crippen LogP contribution is -2.22. The molecule has 1 aromatic heterocycles. The van der Waals surface area contributed by atoms with Crippen molar-refractivity contribution in [2.75, 3.05) is 5.73 Å². The molecular formula is C14H15N3O3. The predicted molar refractivity (Wildman–Crippen MR) is 74.5 cm³/mol. The maximum Gasteiger partial charge on any atom is 0.308 e. The van der Waals surface area contributed by atoms with Crippen LogP contribution in [0.3, 0.4) is 0 Å². The minimum Gasteiger partial charge on any atom is -0.481 e. The van der Waals surface area contributed by atoms with Crippen molar-refractivity contribution in [2.45, 2.75) is 19.3 Å². The number of aromatic nitrogens is 2. The first-order valence-electron chi connectivity index (χ1n) is 6.19. The molecule has 0 unspecified atom stereocenters. The Kier molecular flexibility index (Phi) is 4.14. The number of rotatable bonds is 5. The van der Waals surface area contributed by atoms with Crippen LogP contribution >= 0.6 is 0 Å². The van der Waals surface area contributed by atoms with Crippen molar-refractivity contribution in [3.63, 3.8) is 0 Å². The van der Waals surface area contributed by atoms with Crippen molar-refractivity contribution >= 4 is 11.8 Å². The number of aliphatic carboxylic acids is 1. The number of anilines is 1. The van der Waals surface area contributed by atoms with Crippen LogP contribution in [-0.2, 0) is 24.1 Å². The largest absolute Gasteiger partial charge is 0.481 e. The second-order valence-corrected chi connectivity index (χ2v) is 4.43. The number of nitrogens with zero attached hydrogens (tertiary/aromatic N) is 1. The number of nitrogens with two attached hydrogens (primary N) is 1. The van der Waals surface area contributed by atoms with Crippen LogP contribution in [0.5, 0.6) is 0 Å². The van der Waals surface area contributed by atoms with E-state index in [9.17, 15) is 9.59 Å². The van der Waals surface area contributed by atoms with Crippen molar-refractivity contribution < 1.29 is 9.90 Å². The van der Waals surface area contributed by atoms with Gasteiger partial charge in [0.1, 0.15) is 11.6 Å². The molecule has 0 spiro atoms. The molecule has 0 aliphatic carbocycles. The molecule has 4 N–H and O–H groups in total. The third-order valence-electron chi connectivity index (χ3n) is 2.92. The molecule has 0 atom stereocenters. The first kappa shape index (κ1) is 13.8. The zero-order valence-corrected chi connectivity index (χ0v) is 10.8. The van der Waals surface area contributed by atoms with E-state index in [-0.39, 0.29) is 11.4 Å². The number of hydrogen-bond donors (Lipinski definition) is 3. The van der Waals surface area contributed by atoms with Crippen molar-refractivity contribution in [3.05, 3.63) is 57.6 Å². The predicted octanol–water partition coefficient (Wildman–Crippen LogP) is 0.764. The van der Waals surface area contributed by atoms with E-state index in [0.29, 0.717) is 12.2 Å². The molecule has 0 aliphatic heterocycles. The first-order valence-corrected chi connectivity index (χ1v) is 6.19. The van der Waals surface area contributed by atoms with Crippen LogP contribution in [0.4, 0.5) is 5.82 Å². The minimum atomic E-state index is -1.11. The van der Waals surface area contributed by atoms with Gasteiger partial charge in [0.15, 0.2) is 0 Å². The summed E-state index contributed by atoms with van der Waals surface area (Å²) in [5.74, 6) is -0.661. The molecule has 0 fully saturated rings. The molecule has 1 heterocycles. The fraction of sp³-hybridized carbons (Fsp3) is 0.214. The van der Waals surface area contributed by atoms with Gasteiger partial charge in [0, 0.05) is 6.42 Å². The SMILES string of the molecule is Nc1nc(CCc2ccccc2)[nH]c(=O)c1CC(=O)O. The second kappa shape index (κ2) is 6.01. The summed E-state index contributed by atoms with van der Waals surface area (Å²) < 4.78 is 0. The standard InChI is InChI=1S/C14H15N3O3/c15-13-10(8-12(18)19)14(20)17-11(16-13)7-6-9-4-2-1-3-5-9/h1-5H,6-8H2,(H,18,19)(H3,15,16,17,20). The Labute approximate surface area is 115 Å². The molecule has 0 aliphatic rings. The molecule has 20 heavy (non-hydrogen) atoms. The van der Waals surface area contributed by atoms with Crippen LogP contribution in [0.25, 0.3) is 0 Å². The fourth-order valence-corrected chi connectivity index (χ4v) is 1.91. The molecule has 0 saturated carbocycles. The summed E-state index contributed by atoms with van der Waals surface area (Å²) in [5.41, 5.74) is 6.29. The molecule has 6 heteroatoms. The van der Waals surface area contributed by atoms with E-state index in [1.807, 2.05) is 30.3 Å². The highest BCUT2D eigenvalue weighted by Gasteiger charge is 2.12. The highest BCUT2D eigenvalue weighted by molar-refractivity contribution is 5.71. The Morgan fingerprint density at radius 3 is 2.55 bits per heavy atom. The summed E-state index contributed by atoms with van der Waals surface area (Å²) in [6.45, 7) is 0. The van der Waals surface area contributed by atoms with E-state index in [1.165, 1.54) is 0 Å². The molecule has 1 aromatic carbocycles. The monoisotopic (exact) mass is 273 g/mol. The van der Waals surface area contributed by atoms with Crippen LogP contribution < -0.4 is 11.3 Å². The molecule has 0 saturated heterocycles. The highest BCUT2D eigenvalue weighted by atomic mass is 16.4. The number of carboxylic acid groups (broad SMARTS) is 1. The van der Waals surface area contributed by atoms with Gasteiger partial charge in [0.05, 0.1) is 12.0 Å². The Morgan fingerprint density at radius 2 is 1.95 bits per heavy atom. The topological polar surface area (TPSA) is 109 Å². The van der Waals surface area contributed by atoms with Gasteiger partial charge < -0.3 is 15.8 Å². The summed E-state index contributed by atoms with van der Waals surface area (Å²) in [7, 11) is 0. The smallest absolute Gasteiger partial charge is 0.308 e. The van der Waals surface area contributed by atoms with Gasteiger partial charge in [-0.2, -0.15) is 0 Å². The van der Waals surface area contributed by atoms with Crippen LogP contribution in [0, 0.1) is 0 Å². The molecular weight excluding hydrogens is 258 g/mol. The Morgan fingerprint density at radius 1 is 1.25 bits per heavy atom. The lowest BCUT2D eigenvalue weighted by Gasteiger charge is -2.05. The summed E-state index contributed by atoms with van der Waals surface area (Å²) in [6, 6.07) is 9.79. The summed E-state index contributed by atoms with van der Waals surface area (Å²) >= 11 is 0. The molecule has 104 valence electrons. The van der Waals surface area contributed by atoms with Gasteiger partial charge >= 0.3 is 5.97 Å². The third kappa shape index (κ3) is 3.44. The molecule has 0 bridgehead atoms. The van der Waals surface area contributed by atoms with Gasteiger partial charge in [0.25, 0.3) is 5.56 Å². The third-order valence-corrected chi connectivity index (χ3v) is 2.92. The van der Waals surface area contributed by atoms with E-state index in [1.54, 1.807) is 0 Å². The van der Waals surface area contributed by atoms with E-state index in [4.69, 9.17) is 10.8 Å². The molecule has 0 radical (unpaired) electrons. The highest BCUT2D eigenvalue weighted by Crippen LogP contribution is 2.07. The Bertz CT molecular complexity index is 665. The normalized spacial score (nSPS) is 10.4. The van der Waals surface area contributed by atoms with Gasteiger partial charge in [-0.15, -0.1) is 0 Å². The quantitative estimate of drug-likeness (QED) is 0.745. The summed E-state index contributed by atoms with van der Waals surface area (Å²) in [5, 5.41) is 8.70. The van der Waals surface area contributed by atoms with E-state index in [0.717, 1.165) is 12.0 Å². The number of aromatic amines is 1. The van der Waals surface area contributed by atoms with Gasteiger partial charge in [-0.25, -0.2) is 4.98 Å². The summed E-state index contributed by atoms with van der Waals surface area (Å²) in [4.78, 5) is 29.0. The van der Waals surface area contributed by atoms with E-state index < -0.39 is 17.9 Å². The van der Waals surface area contributed by atoms with Crippen molar-refractivity contribution in [2.24, 2.45) is 0 Å². The minimum absolute atomic E-state index is 0.000890. The zero-order chi connectivity index (χ0) is 14.5. The average molecular weight is 273 g/mol. The van der Waals surface area contributed by atoms with Crippen molar-refractivity contribution in [1.82, 2.24) is 9.97 Å². The molecule has 0 amide bonds. The molecule has 6 nitrogen and oxygen atoms in total. The van der Waals surface area contributed by atoms with Gasteiger partial charge in [-0.3, -0.25) is 9.59 Å². The molecule has 2 aromatic rings. The lowest BCUT2D eigenvalue weighted by molar-refractivity contribution is -0.136. The second-order valence-electron chi connectivity index (χ2n) is 4.43. The number of benzene rings is 1. The number of nitrogens with one attached hydrogen (secondary N) is 1. The van der Waals surface area contributed by atoms with Gasteiger partial charge in [-0.1, -0.05) is 30.3 Å². The number of hydrogen-bond acceptors (Lipinski definition) is 4. The Balaban J connectivity index is 2.14. The fourth-order valence-electron chi connectivity index (χ4n) is 1.91. The van der Waals surface area contributed by atoms with E-state index in [2.05, 4.69) is 9.97 Å². The first-order chi connectivity index (χ1) is 9.56. The Hall–Kier alpha value is -2.63. The number of aryl methyl sites for hydroxylation is 2. The number of nitrogen functional groups attached to an aromatic ring is 1.